The number of aromatic nitrogens is 3. The highest BCUT2D eigenvalue weighted by Crippen LogP contribution is 2.48. The highest BCUT2D eigenvalue weighted by Gasteiger charge is 2.39. The number of hydrogen-bond acceptors (Lipinski definition) is 9. The number of nitrogens with two attached hydrogens (primary N) is 1. The van der Waals surface area contributed by atoms with Crippen LogP contribution in [-0.4, -0.2) is 89.9 Å². The molecule has 2 fully saturated rings. The average Bonchev–Trinajstić information content (AvgIpc) is 3.63. The number of likely N-dealkylation sites (N-methyl/N-ethyl adjacent to an activating group) is 1. The number of aryl methyl sites for hydroxylation is 1. The van der Waals surface area contributed by atoms with Crippen LogP contribution in [0.25, 0.3) is 5.82 Å². The molecule has 1 unspecified atom stereocenters. The van der Waals surface area contributed by atoms with Gasteiger partial charge in [0.15, 0.2) is 5.82 Å². The highest BCUT2D eigenvalue weighted by atomic mass is 32.1. The van der Waals surface area contributed by atoms with Crippen molar-refractivity contribution in [3.05, 3.63) is 58.7 Å². The van der Waals surface area contributed by atoms with E-state index in [4.69, 9.17) is 15.8 Å². The van der Waals surface area contributed by atoms with Gasteiger partial charge in [0.1, 0.15) is 16.9 Å². The van der Waals surface area contributed by atoms with Crippen molar-refractivity contribution in [1.29, 1.82) is 5.26 Å². The van der Waals surface area contributed by atoms with Gasteiger partial charge in [0.2, 0.25) is 5.91 Å². The van der Waals surface area contributed by atoms with Crippen LogP contribution in [0.4, 0.5) is 16.5 Å². The fraction of sp³-hybridized carbons (Fsp3) is 0.467. The van der Waals surface area contributed by atoms with Gasteiger partial charge in [-0.05, 0) is 37.9 Å². The van der Waals surface area contributed by atoms with Crippen molar-refractivity contribution in [3.63, 3.8) is 0 Å². The van der Waals surface area contributed by atoms with Crippen LogP contribution in [0.3, 0.4) is 0 Å². The number of carbonyl (C=O) groups excluding carboxylic acids is 1. The Bertz CT molecular complexity index is 1500. The van der Waals surface area contributed by atoms with Crippen molar-refractivity contribution in [3.8, 4) is 11.9 Å². The number of carbonyl (C=O) groups is 1. The third-order valence-corrected chi connectivity index (χ3v) is 10.0. The zero-order valence-electron chi connectivity index (χ0n) is 23.8. The number of rotatable bonds is 5. The molecule has 0 saturated carbocycles. The molecule has 0 radical (unpaired) electrons. The predicted octanol–water partition coefficient (Wildman–Crippen LogP) is 3.01. The topological polar surface area (TPSA) is 111 Å². The number of thiophene rings is 1. The summed E-state index contributed by atoms with van der Waals surface area (Å²) in [7, 11) is 2.15. The van der Waals surface area contributed by atoms with Crippen LogP contribution in [-0.2, 0) is 16.6 Å². The molecule has 3 aromatic rings. The lowest BCUT2D eigenvalue weighted by Gasteiger charge is -2.37. The number of hydrogen-bond donors (Lipinski definition) is 1. The molecule has 2 N–H and O–H groups in total. The summed E-state index contributed by atoms with van der Waals surface area (Å²) in [6, 6.07) is 6.64. The lowest BCUT2D eigenvalue weighted by molar-refractivity contribution is -0.126. The second-order valence-corrected chi connectivity index (χ2v) is 12.6. The maximum atomic E-state index is 12.1. The van der Waals surface area contributed by atoms with E-state index in [1.807, 2.05) is 15.8 Å². The van der Waals surface area contributed by atoms with Crippen molar-refractivity contribution in [1.82, 2.24) is 24.6 Å². The van der Waals surface area contributed by atoms with Gasteiger partial charge in [-0.15, -0.1) is 11.3 Å². The van der Waals surface area contributed by atoms with Gasteiger partial charge in [0.25, 0.3) is 0 Å². The Kier molecular flexibility index (Phi) is 7.21. The number of pyridine rings is 1. The summed E-state index contributed by atoms with van der Waals surface area (Å²) in [6.07, 6.45) is 8.32. The first kappa shape index (κ1) is 27.3. The zero-order chi connectivity index (χ0) is 28.7. The summed E-state index contributed by atoms with van der Waals surface area (Å²) < 4.78 is 1.87. The Morgan fingerprint density at radius 1 is 1.12 bits per heavy atom. The molecule has 2 saturated heterocycles. The molecular weight excluding hydrogens is 534 g/mol. The van der Waals surface area contributed by atoms with E-state index < -0.39 is 0 Å². The Hall–Kier alpha value is -3.88. The van der Waals surface area contributed by atoms with Gasteiger partial charge in [0.05, 0.1) is 11.8 Å². The van der Waals surface area contributed by atoms with Crippen molar-refractivity contribution < 1.29 is 4.79 Å². The summed E-state index contributed by atoms with van der Waals surface area (Å²) in [5, 5.41) is 15.3. The SMILES string of the molecule is C=CC(=O)N1CCN(c2cc(N3CCN(C)CC3)nc(-n3cc(C4(C)CCCc5sc(N)c(C#N)c54)cn3)c2)CC1. The van der Waals surface area contributed by atoms with Gasteiger partial charge in [-0.1, -0.05) is 13.5 Å². The van der Waals surface area contributed by atoms with Crippen molar-refractivity contribution in [2.24, 2.45) is 0 Å². The monoisotopic (exact) mass is 571 g/mol. The van der Waals surface area contributed by atoms with E-state index >= 15 is 0 Å². The van der Waals surface area contributed by atoms with Crippen LogP contribution in [0.5, 0.6) is 0 Å². The van der Waals surface area contributed by atoms with Crippen LogP contribution in [0.2, 0.25) is 0 Å². The van der Waals surface area contributed by atoms with E-state index in [9.17, 15) is 10.1 Å². The molecule has 3 aromatic heterocycles. The van der Waals surface area contributed by atoms with E-state index in [1.165, 1.54) is 11.0 Å². The fourth-order valence-corrected chi connectivity index (χ4v) is 7.61. The summed E-state index contributed by atoms with van der Waals surface area (Å²) in [5.41, 5.74) is 9.77. The quantitative estimate of drug-likeness (QED) is 0.466. The zero-order valence-corrected chi connectivity index (χ0v) is 24.7. The summed E-state index contributed by atoms with van der Waals surface area (Å²) in [5.74, 6) is 1.68. The molecule has 41 heavy (non-hydrogen) atoms. The average molecular weight is 572 g/mol. The molecular formula is C30H37N9OS. The lowest BCUT2D eigenvalue weighted by atomic mass is 9.69. The molecule has 3 aliphatic rings. The van der Waals surface area contributed by atoms with Crippen LogP contribution >= 0.6 is 11.3 Å². The second-order valence-electron chi connectivity index (χ2n) is 11.5. The lowest BCUT2D eigenvalue weighted by Crippen LogP contribution is -2.48. The van der Waals surface area contributed by atoms with Crippen molar-refractivity contribution in [2.45, 2.75) is 31.6 Å². The number of nitriles is 1. The number of nitrogens with zero attached hydrogens (tertiary/aromatic N) is 8. The first-order valence-corrected chi connectivity index (χ1v) is 15.1. The third-order valence-electron chi connectivity index (χ3n) is 8.95. The highest BCUT2D eigenvalue weighted by molar-refractivity contribution is 7.16. The minimum absolute atomic E-state index is 0.0198. The van der Waals surface area contributed by atoms with Crippen LogP contribution in [0.15, 0.2) is 37.2 Å². The van der Waals surface area contributed by atoms with E-state index in [2.05, 4.69) is 59.6 Å². The molecule has 1 atom stereocenters. The van der Waals surface area contributed by atoms with E-state index in [1.54, 1.807) is 11.3 Å². The van der Waals surface area contributed by atoms with Gasteiger partial charge in [-0.25, -0.2) is 9.67 Å². The van der Waals surface area contributed by atoms with Crippen molar-refractivity contribution in [2.75, 3.05) is 74.9 Å². The molecule has 2 aliphatic heterocycles. The van der Waals surface area contributed by atoms with Gasteiger partial charge in [-0.3, -0.25) is 4.79 Å². The maximum absolute atomic E-state index is 12.1. The van der Waals surface area contributed by atoms with Gasteiger partial charge >= 0.3 is 0 Å². The first-order valence-electron chi connectivity index (χ1n) is 14.3. The number of fused-ring (bicyclic) bond motifs is 1. The van der Waals surface area contributed by atoms with Crippen LogP contribution in [0, 0.1) is 11.3 Å². The second kappa shape index (κ2) is 10.8. The largest absolute Gasteiger partial charge is 0.389 e. The molecule has 0 spiro atoms. The number of anilines is 3. The summed E-state index contributed by atoms with van der Waals surface area (Å²) >= 11 is 1.55. The van der Waals surface area contributed by atoms with E-state index in [0.29, 0.717) is 23.7 Å². The van der Waals surface area contributed by atoms with E-state index in [-0.39, 0.29) is 11.3 Å². The van der Waals surface area contributed by atoms with E-state index in [0.717, 1.165) is 87.0 Å². The van der Waals surface area contributed by atoms with Gasteiger partial charge < -0.3 is 25.3 Å². The first-order chi connectivity index (χ1) is 19.8. The maximum Gasteiger partial charge on any atom is 0.246 e. The fourth-order valence-electron chi connectivity index (χ4n) is 6.42. The number of nitrogen functional groups attached to an aromatic ring is 1. The Balaban J connectivity index is 1.36. The molecule has 214 valence electrons. The van der Waals surface area contributed by atoms with Crippen LogP contribution in [0.1, 0.15) is 41.3 Å². The normalized spacial score (nSPS) is 21.4. The molecule has 5 heterocycles. The Labute approximate surface area is 245 Å². The molecule has 1 amide bonds. The summed E-state index contributed by atoms with van der Waals surface area (Å²) in [4.78, 5) is 27.3. The third kappa shape index (κ3) is 4.96. The molecule has 0 bridgehead atoms. The Morgan fingerprint density at radius 2 is 1.83 bits per heavy atom. The molecule has 1 aliphatic carbocycles. The smallest absolute Gasteiger partial charge is 0.246 e. The molecule has 6 rings (SSSR count). The van der Waals surface area contributed by atoms with Gasteiger partial charge in [-0.2, -0.15) is 10.4 Å². The van der Waals surface area contributed by atoms with Crippen LogP contribution < -0.4 is 15.5 Å². The molecule has 0 aromatic carbocycles. The minimum atomic E-state index is -0.336. The van der Waals surface area contributed by atoms with Crippen molar-refractivity contribution >= 4 is 33.8 Å². The Morgan fingerprint density at radius 3 is 2.54 bits per heavy atom. The minimum Gasteiger partial charge on any atom is -0.389 e. The predicted molar refractivity (Wildman–Crippen MR) is 163 cm³/mol. The molecule has 11 heteroatoms. The standard InChI is InChI=1S/C30H37N9OS/c1-4-27(40)38-14-12-36(13-15-38)22-16-25(37-10-8-35(3)9-11-37)34-26(17-22)39-20-21(19-33-39)30(2)7-5-6-24-28(30)23(18-31)29(32)41-24/h4,16-17,19-20H,1,5-15,32H2,2-3H3. The molecule has 10 nitrogen and oxygen atoms in total. The number of amides is 1. The summed E-state index contributed by atoms with van der Waals surface area (Å²) in [6.45, 7) is 12.4. The number of piperazine rings is 2. The van der Waals surface area contributed by atoms with Gasteiger partial charge in [0, 0.05) is 92.2 Å².